The van der Waals surface area contributed by atoms with E-state index in [1.807, 2.05) is 0 Å². The predicted octanol–water partition coefficient (Wildman–Crippen LogP) is 4.05. The van der Waals surface area contributed by atoms with Crippen LogP contribution in [0.15, 0.2) is 24.3 Å². The van der Waals surface area contributed by atoms with E-state index in [4.69, 9.17) is 0 Å². The molecule has 1 heteroatoms. The Bertz CT molecular complexity index is 191. The Morgan fingerprint density at radius 1 is 0.929 bits per heavy atom. The van der Waals surface area contributed by atoms with Gasteiger partial charge in [0.25, 0.3) is 0 Å². The maximum absolute atomic E-state index is 11.7. The zero-order chi connectivity index (χ0) is 11.0. The molecular formula is C13H22O. The maximum Gasteiger partial charge on any atom is 0.183 e. The second-order valence-electron chi connectivity index (χ2n) is 3.74. The van der Waals surface area contributed by atoms with Crippen LogP contribution in [0.1, 0.15) is 52.4 Å². The number of allylic oxidation sites excluding steroid dienone is 2. The van der Waals surface area contributed by atoms with Crippen molar-refractivity contribution in [3.05, 3.63) is 24.3 Å². The second kappa shape index (κ2) is 7.54. The second-order valence-corrected chi connectivity index (χ2v) is 3.74. The molecule has 0 aromatic heterocycles. The summed E-state index contributed by atoms with van der Waals surface area (Å²) in [4.78, 5) is 11.7. The van der Waals surface area contributed by atoms with Gasteiger partial charge in [0.15, 0.2) is 5.78 Å². The van der Waals surface area contributed by atoms with Crippen molar-refractivity contribution in [1.82, 2.24) is 0 Å². The zero-order valence-electron chi connectivity index (χ0n) is 9.57. The molecule has 0 spiro atoms. The van der Waals surface area contributed by atoms with Crippen LogP contribution in [0.3, 0.4) is 0 Å². The van der Waals surface area contributed by atoms with Crippen molar-refractivity contribution in [3.8, 4) is 0 Å². The smallest absolute Gasteiger partial charge is 0.183 e. The predicted molar refractivity (Wildman–Crippen MR) is 62.3 cm³/mol. The number of unbranched alkanes of at least 4 members (excludes halogenated alkanes) is 2. The summed E-state index contributed by atoms with van der Waals surface area (Å²) in [5, 5.41) is 0. The Morgan fingerprint density at radius 3 is 1.57 bits per heavy atom. The van der Waals surface area contributed by atoms with Crippen LogP contribution in [0.25, 0.3) is 0 Å². The Kier molecular flexibility index (Phi) is 7.09. The van der Waals surface area contributed by atoms with Gasteiger partial charge >= 0.3 is 0 Å². The van der Waals surface area contributed by atoms with Gasteiger partial charge < -0.3 is 0 Å². The van der Waals surface area contributed by atoms with Crippen LogP contribution in [0.2, 0.25) is 0 Å². The molecule has 0 N–H and O–H groups in total. The van der Waals surface area contributed by atoms with Gasteiger partial charge in [0, 0.05) is 0 Å². The molecule has 80 valence electrons. The molecule has 0 aromatic rings. The maximum atomic E-state index is 11.7. The first-order valence-corrected chi connectivity index (χ1v) is 5.53. The number of hydrogen-bond donors (Lipinski definition) is 0. The Labute approximate surface area is 87.9 Å². The molecule has 0 aliphatic carbocycles. The van der Waals surface area contributed by atoms with E-state index in [0.717, 1.165) is 49.7 Å². The highest BCUT2D eigenvalue weighted by Crippen LogP contribution is 2.14. The van der Waals surface area contributed by atoms with Crippen molar-refractivity contribution >= 4 is 5.78 Å². The lowest BCUT2D eigenvalue weighted by Gasteiger charge is -2.06. The summed E-state index contributed by atoms with van der Waals surface area (Å²) in [5.41, 5.74) is 1.46. The first-order chi connectivity index (χ1) is 6.63. The van der Waals surface area contributed by atoms with E-state index < -0.39 is 0 Å². The number of ketones is 1. The minimum Gasteiger partial charge on any atom is -0.289 e. The summed E-state index contributed by atoms with van der Waals surface area (Å²) in [5.74, 6) is 0.0897. The van der Waals surface area contributed by atoms with Gasteiger partial charge in [-0.25, -0.2) is 0 Å². The molecule has 1 nitrogen and oxygen atoms in total. The van der Waals surface area contributed by atoms with E-state index in [9.17, 15) is 4.79 Å². The molecule has 0 rings (SSSR count). The van der Waals surface area contributed by atoms with Crippen molar-refractivity contribution in [2.24, 2.45) is 0 Å². The number of carbonyl (C=O) groups is 1. The molecule has 0 aliphatic heterocycles. The summed E-state index contributed by atoms with van der Waals surface area (Å²) in [7, 11) is 0. The van der Waals surface area contributed by atoms with Gasteiger partial charge in [-0.05, 0) is 36.8 Å². The molecule has 0 saturated heterocycles. The number of rotatable bonds is 8. The van der Waals surface area contributed by atoms with Crippen molar-refractivity contribution in [1.29, 1.82) is 0 Å². The van der Waals surface area contributed by atoms with Crippen LogP contribution in [-0.2, 0) is 4.79 Å². The lowest BCUT2D eigenvalue weighted by molar-refractivity contribution is -0.112. The van der Waals surface area contributed by atoms with Gasteiger partial charge in [0.05, 0.1) is 0 Å². The van der Waals surface area contributed by atoms with Crippen LogP contribution in [0.5, 0.6) is 0 Å². The van der Waals surface area contributed by atoms with Crippen LogP contribution in [0, 0.1) is 0 Å². The van der Waals surface area contributed by atoms with Gasteiger partial charge in [0.1, 0.15) is 0 Å². The summed E-state index contributed by atoms with van der Waals surface area (Å²) in [6, 6.07) is 0. The van der Waals surface area contributed by atoms with Crippen molar-refractivity contribution in [2.75, 3.05) is 0 Å². The molecular weight excluding hydrogens is 172 g/mol. The monoisotopic (exact) mass is 194 g/mol. The number of carbonyl (C=O) groups excluding carboxylic acids is 1. The fraction of sp³-hybridized carbons (Fsp3) is 0.615. The SMILES string of the molecule is C=C(CCCC)C(=O)C(=C)CCCC. The lowest BCUT2D eigenvalue weighted by atomic mass is 9.98. The highest BCUT2D eigenvalue weighted by molar-refractivity contribution is 6.07. The molecule has 0 bridgehead atoms. The standard InChI is InChI=1S/C13H22O/c1-5-7-9-11(3)13(14)12(4)10-8-6-2/h3-10H2,1-2H3. The topological polar surface area (TPSA) is 17.1 Å². The lowest BCUT2D eigenvalue weighted by Crippen LogP contribution is -2.04. The van der Waals surface area contributed by atoms with Crippen molar-refractivity contribution in [2.45, 2.75) is 52.4 Å². The van der Waals surface area contributed by atoms with Gasteiger partial charge in [-0.15, -0.1) is 0 Å². The quantitative estimate of drug-likeness (QED) is 0.533. The minimum absolute atomic E-state index is 0.0897. The van der Waals surface area contributed by atoms with Gasteiger partial charge in [0.2, 0.25) is 0 Å². The molecule has 0 aromatic carbocycles. The summed E-state index contributed by atoms with van der Waals surface area (Å²) < 4.78 is 0. The van der Waals surface area contributed by atoms with E-state index in [1.54, 1.807) is 0 Å². The van der Waals surface area contributed by atoms with Crippen LogP contribution in [-0.4, -0.2) is 5.78 Å². The van der Waals surface area contributed by atoms with E-state index in [1.165, 1.54) is 0 Å². The van der Waals surface area contributed by atoms with Crippen LogP contribution in [0.4, 0.5) is 0 Å². The number of hydrogen-bond acceptors (Lipinski definition) is 1. The fourth-order valence-electron chi connectivity index (χ4n) is 1.26. The third kappa shape index (κ3) is 5.00. The third-order valence-electron chi connectivity index (χ3n) is 2.31. The summed E-state index contributed by atoms with van der Waals surface area (Å²) in [6.07, 6.45) is 5.94. The summed E-state index contributed by atoms with van der Waals surface area (Å²) >= 11 is 0. The average molecular weight is 194 g/mol. The van der Waals surface area contributed by atoms with E-state index >= 15 is 0 Å². The van der Waals surface area contributed by atoms with Gasteiger partial charge in [-0.1, -0.05) is 39.8 Å². The van der Waals surface area contributed by atoms with Crippen LogP contribution >= 0.6 is 0 Å². The fourth-order valence-corrected chi connectivity index (χ4v) is 1.26. The summed E-state index contributed by atoms with van der Waals surface area (Å²) in [6.45, 7) is 11.9. The molecule has 0 fully saturated rings. The Morgan fingerprint density at radius 2 is 1.29 bits per heavy atom. The largest absolute Gasteiger partial charge is 0.289 e. The first kappa shape index (κ1) is 13.2. The number of Topliss-reactive ketones (excluding diaryl/α,β-unsaturated/α-hetero) is 1. The van der Waals surface area contributed by atoms with Crippen molar-refractivity contribution in [3.63, 3.8) is 0 Å². The molecule has 0 heterocycles. The van der Waals surface area contributed by atoms with E-state index in [0.29, 0.717) is 0 Å². The molecule has 0 atom stereocenters. The van der Waals surface area contributed by atoms with Gasteiger partial charge in [-0.2, -0.15) is 0 Å². The zero-order valence-corrected chi connectivity index (χ0v) is 9.57. The molecule has 0 saturated carbocycles. The Hall–Kier alpha value is -0.850. The minimum atomic E-state index is 0.0897. The third-order valence-corrected chi connectivity index (χ3v) is 2.31. The molecule has 0 amide bonds. The van der Waals surface area contributed by atoms with Crippen LogP contribution < -0.4 is 0 Å². The van der Waals surface area contributed by atoms with Crippen molar-refractivity contribution < 1.29 is 4.79 Å². The normalized spacial score (nSPS) is 9.86. The first-order valence-electron chi connectivity index (χ1n) is 5.53. The molecule has 0 unspecified atom stereocenters. The highest BCUT2D eigenvalue weighted by atomic mass is 16.1. The molecule has 0 radical (unpaired) electrons. The Balaban J connectivity index is 3.92. The van der Waals surface area contributed by atoms with Gasteiger partial charge in [-0.3, -0.25) is 4.79 Å². The average Bonchev–Trinajstić information content (AvgIpc) is 2.21. The van der Waals surface area contributed by atoms with E-state index in [2.05, 4.69) is 27.0 Å². The molecule has 0 aliphatic rings. The molecule has 14 heavy (non-hydrogen) atoms. The van der Waals surface area contributed by atoms with E-state index in [-0.39, 0.29) is 5.78 Å². The highest BCUT2D eigenvalue weighted by Gasteiger charge is 2.09.